The summed E-state index contributed by atoms with van der Waals surface area (Å²) in [5.74, 6) is 1.48. The van der Waals surface area contributed by atoms with Gasteiger partial charge in [0.2, 0.25) is 0 Å². The number of carbonyl (C=O) groups is 1. The van der Waals surface area contributed by atoms with E-state index in [2.05, 4.69) is 4.74 Å². The third kappa shape index (κ3) is 2.90. The molecule has 0 atom stereocenters. The predicted molar refractivity (Wildman–Crippen MR) is 62.7 cm³/mol. The third-order valence-corrected chi connectivity index (χ3v) is 3.35. The zero-order chi connectivity index (χ0) is 11.4. The van der Waals surface area contributed by atoms with Crippen molar-refractivity contribution < 1.29 is 13.9 Å². The van der Waals surface area contributed by atoms with Gasteiger partial charge in [-0.15, -0.1) is 11.8 Å². The van der Waals surface area contributed by atoms with Gasteiger partial charge in [0.25, 0.3) is 0 Å². The minimum Gasteiger partial charge on any atom is -0.468 e. The summed E-state index contributed by atoms with van der Waals surface area (Å²) >= 11 is 1.72. The Balaban J connectivity index is 1.90. The zero-order valence-corrected chi connectivity index (χ0v) is 9.83. The lowest BCUT2D eigenvalue weighted by Crippen LogP contribution is -2.27. The highest BCUT2D eigenvalue weighted by atomic mass is 32.2. The van der Waals surface area contributed by atoms with Crippen molar-refractivity contribution in [3.05, 3.63) is 29.1 Å². The topological polar surface area (TPSA) is 42.7 Å². The summed E-state index contributed by atoms with van der Waals surface area (Å²) < 4.78 is 9.86. The van der Waals surface area contributed by atoms with Crippen LogP contribution in [0.3, 0.4) is 0 Å². The lowest BCUT2D eigenvalue weighted by Gasteiger charge is -2.10. The van der Waals surface area contributed by atoms with Gasteiger partial charge in [-0.2, -0.15) is 0 Å². The summed E-state index contributed by atoms with van der Waals surface area (Å²) in [5.41, 5.74) is 0. The smallest absolute Gasteiger partial charge is 0.319 e. The fourth-order valence-corrected chi connectivity index (χ4v) is 2.46. The fraction of sp³-hybridized carbons (Fsp3) is 0.364. The van der Waals surface area contributed by atoms with Gasteiger partial charge in [-0.1, -0.05) is 0 Å². The van der Waals surface area contributed by atoms with Crippen LogP contribution in [0.25, 0.3) is 6.08 Å². The molecule has 86 valence electrons. The van der Waals surface area contributed by atoms with Crippen LogP contribution in [0.2, 0.25) is 0 Å². The molecule has 0 amide bonds. The molecule has 0 N–H and O–H groups in total. The Labute approximate surface area is 98.2 Å². The molecule has 1 aromatic heterocycles. The van der Waals surface area contributed by atoms with Gasteiger partial charge in [-0.05, 0) is 18.2 Å². The van der Waals surface area contributed by atoms with Crippen LogP contribution in [0.5, 0.6) is 0 Å². The van der Waals surface area contributed by atoms with Crippen LogP contribution in [-0.4, -0.2) is 36.9 Å². The first-order chi connectivity index (χ1) is 7.78. The van der Waals surface area contributed by atoms with Crippen molar-refractivity contribution in [2.45, 2.75) is 0 Å². The van der Waals surface area contributed by atoms with Crippen LogP contribution >= 0.6 is 11.8 Å². The maximum absolute atomic E-state index is 11.1. The molecule has 2 heterocycles. The van der Waals surface area contributed by atoms with Crippen LogP contribution in [0.1, 0.15) is 5.76 Å². The number of ether oxygens (including phenoxy) is 1. The largest absolute Gasteiger partial charge is 0.468 e. The van der Waals surface area contributed by atoms with E-state index >= 15 is 0 Å². The minimum atomic E-state index is -0.195. The summed E-state index contributed by atoms with van der Waals surface area (Å²) in [7, 11) is 1.41. The number of hydrogen-bond acceptors (Lipinski definition) is 5. The Kier molecular flexibility index (Phi) is 3.69. The molecule has 16 heavy (non-hydrogen) atoms. The Bertz CT molecular complexity index is 386. The summed E-state index contributed by atoms with van der Waals surface area (Å²) in [6, 6.07) is 3.77. The second-order valence-corrected chi connectivity index (χ2v) is 4.53. The highest BCUT2D eigenvalue weighted by Crippen LogP contribution is 2.28. The molecule has 1 aromatic rings. The van der Waals surface area contributed by atoms with Gasteiger partial charge in [0.05, 0.1) is 19.9 Å². The molecule has 1 fully saturated rings. The summed E-state index contributed by atoms with van der Waals surface area (Å²) in [5, 5.41) is 0. The molecule has 0 bridgehead atoms. The van der Waals surface area contributed by atoms with Crippen LogP contribution in [0.4, 0.5) is 0 Å². The third-order valence-electron chi connectivity index (χ3n) is 2.24. The number of nitrogens with zero attached hydrogens (tertiary/aromatic N) is 1. The second kappa shape index (κ2) is 5.23. The lowest BCUT2D eigenvalue weighted by molar-refractivity contribution is -0.141. The maximum Gasteiger partial charge on any atom is 0.319 e. The monoisotopic (exact) mass is 239 g/mol. The van der Waals surface area contributed by atoms with Crippen molar-refractivity contribution in [1.82, 2.24) is 4.90 Å². The van der Waals surface area contributed by atoms with Gasteiger partial charge in [-0.3, -0.25) is 9.69 Å². The van der Waals surface area contributed by atoms with Gasteiger partial charge in [0.1, 0.15) is 5.76 Å². The number of carbonyl (C=O) groups excluding carboxylic acids is 1. The van der Waals surface area contributed by atoms with E-state index in [9.17, 15) is 4.79 Å². The van der Waals surface area contributed by atoms with E-state index < -0.39 is 0 Å². The van der Waals surface area contributed by atoms with Crippen molar-refractivity contribution in [2.75, 3.05) is 26.1 Å². The van der Waals surface area contributed by atoms with Crippen LogP contribution in [0, 0.1) is 0 Å². The summed E-state index contributed by atoms with van der Waals surface area (Å²) in [6.45, 7) is 1.12. The van der Waals surface area contributed by atoms with Gasteiger partial charge in [-0.25, -0.2) is 0 Å². The first-order valence-electron chi connectivity index (χ1n) is 4.94. The van der Waals surface area contributed by atoms with E-state index in [1.165, 1.54) is 12.0 Å². The number of methoxy groups -OCH3 is 1. The number of rotatable bonds is 3. The molecule has 0 radical (unpaired) electrons. The molecule has 1 aliphatic rings. The van der Waals surface area contributed by atoms with E-state index in [4.69, 9.17) is 4.42 Å². The van der Waals surface area contributed by atoms with Crippen molar-refractivity contribution in [3.63, 3.8) is 0 Å². The van der Waals surface area contributed by atoms with Gasteiger partial charge < -0.3 is 9.15 Å². The number of thioether (sulfide) groups is 1. The van der Waals surface area contributed by atoms with E-state index in [1.54, 1.807) is 18.0 Å². The summed E-state index contributed by atoms with van der Waals surface area (Å²) in [6.07, 6.45) is 3.65. The quantitative estimate of drug-likeness (QED) is 0.752. The Morgan fingerprint density at radius 3 is 3.31 bits per heavy atom. The maximum atomic E-state index is 11.1. The molecule has 5 heteroatoms. The van der Waals surface area contributed by atoms with E-state index in [0.717, 1.165) is 18.2 Å². The first kappa shape index (κ1) is 11.3. The highest BCUT2D eigenvalue weighted by molar-refractivity contribution is 8.03. The predicted octanol–water partition coefficient (Wildman–Crippen LogP) is 1.80. The molecule has 2 rings (SSSR count). The Hall–Kier alpha value is -1.20. The fourth-order valence-electron chi connectivity index (χ4n) is 1.45. The van der Waals surface area contributed by atoms with Crippen molar-refractivity contribution in [3.8, 4) is 0 Å². The molecule has 4 nitrogen and oxygen atoms in total. The molecular weight excluding hydrogens is 226 g/mol. The standard InChI is InChI=1S/C11H13NO3S/c1-14-11(13)7-12-6-10(16-8-12)5-9-3-2-4-15-9/h2-5H,6-8H2,1H3. The SMILES string of the molecule is COC(=O)CN1CSC(=Cc2ccco2)C1. The molecule has 0 spiro atoms. The van der Waals surface area contributed by atoms with Crippen LogP contribution in [0.15, 0.2) is 27.7 Å². The Morgan fingerprint density at radius 1 is 1.75 bits per heavy atom. The van der Waals surface area contributed by atoms with Gasteiger partial charge in [0.15, 0.2) is 0 Å². The Morgan fingerprint density at radius 2 is 2.62 bits per heavy atom. The summed E-state index contributed by atoms with van der Waals surface area (Å²) in [4.78, 5) is 14.3. The minimum absolute atomic E-state index is 0.195. The highest BCUT2D eigenvalue weighted by Gasteiger charge is 2.20. The number of furan rings is 1. The molecule has 0 aliphatic carbocycles. The molecule has 0 aromatic carbocycles. The molecule has 1 saturated heterocycles. The zero-order valence-electron chi connectivity index (χ0n) is 9.01. The average Bonchev–Trinajstić information content (AvgIpc) is 2.91. The molecule has 1 aliphatic heterocycles. The molecule has 0 saturated carbocycles. The lowest BCUT2D eigenvalue weighted by atomic mass is 10.4. The molecular formula is C11H13NO3S. The second-order valence-electron chi connectivity index (χ2n) is 3.46. The van der Waals surface area contributed by atoms with Gasteiger partial charge >= 0.3 is 5.97 Å². The molecule has 0 unspecified atom stereocenters. The van der Waals surface area contributed by atoms with Crippen LogP contribution in [-0.2, 0) is 9.53 Å². The van der Waals surface area contributed by atoms with Crippen LogP contribution < -0.4 is 0 Å². The van der Waals surface area contributed by atoms with Gasteiger partial charge in [0, 0.05) is 17.3 Å². The first-order valence-corrected chi connectivity index (χ1v) is 5.92. The van der Waals surface area contributed by atoms with Crippen molar-refractivity contribution in [2.24, 2.45) is 0 Å². The number of hydrogen-bond donors (Lipinski definition) is 0. The normalized spacial score (nSPS) is 19.2. The van der Waals surface area contributed by atoms with E-state index in [1.807, 2.05) is 23.1 Å². The van der Waals surface area contributed by atoms with Crippen molar-refractivity contribution >= 4 is 23.8 Å². The van der Waals surface area contributed by atoms with E-state index in [0.29, 0.717) is 6.54 Å². The van der Waals surface area contributed by atoms with E-state index in [-0.39, 0.29) is 5.97 Å². The average molecular weight is 239 g/mol. The number of esters is 1. The van der Waals surface area contributed by atoms with Crippen molar-refractivity contribution in [1.29, 1.82) is 0 Å².